The first kappa shape index (κ1) is 29.7. The summed E-state index contributed by atoms with van der Waals surface area (Å²) in [6.45, 7) is -0.210. The number of H-pyrrole nitrogens is 1. The van der Waals surface area contributed by atoms with Crippen LogP contribution in [0, 0.1) is 0 Å². The van der Waals surface area contributed by atoms with Crippen molar-refractivity contribution in [3.63, 3.8) is 0 Å². The summed E-state index contributed by atoms with van der Waals surface area (Å²) >= 11 is 11.8. The van der Waals surface area contributed by atoms with Gasteiger partial charge in [-0.1, -0.05) is 41.4 Å². The Balaban J connectivity index is 1.34. The minimum Gasteiger partial charge on any atom is -0.457 e. The van der Waals surface area contributed by atoms with Gasteiger partial charge in [-0.15, -0.1) is 13.2 Å². The van der Waals surface area contributed by atoms with E-state index in [2.05, 4.69) is 14.7 Å². The van der Waals surface area contributed by atoms with Crippen molar-refractivity contribution in [3.05, 3.63) is 97.5 Å². The lowest BCUT2D eigenvalue weighted by Gasteiger charge is -2.30. The molecule has 0 aliphatic carbocycles. The second-order valence-corrected chi connectivity index (χ2v) is 10.9. The number of nitrogens with one attached hydrogen (secondary N) is 1. The maximum atomic E-state index is 14.3. The molecule has 0 saturated carbocycles. The number of hydrogen-bond donors (Lipinski definition) is 1. The minimum absolute atomic E-state index is 0.00173. The third kappa shape index (κ3) is 5.64. The van der Waals surface area contributed by atoms with Gasteiger partial charge in [0.2, 0.25) is 0 Å². The predicted octanol–water partition coefficient (Wildman–Crippen LogP) is 7.46. The number of aromatic nitrogens is 1. The number of rotatable bonds is 7. The van der Waals surface area contributed by atoms with Gasteiger partial charge in [-0.2, -0.15) is 0 Å². The van der Waals surface area contributed by atoms with Gasteiger partial charge in [-0.3, -0.25) is 14.8 Å². The third-order valence-corrected chi connectivity index (χ3v) is 7.41. The zero-order chi connectivity index (χ0) is 31.6. The molecular weight excluding hydrogens is 636 g/mol. The van der Waals surface area contributed by atoms with Crippen LogP contribution < -0.4 is 15.2 Å². The number of alkyl halides is 5. The molecule has 0 bridgehead atoms. The summed E-state index contributed by atoms with van der Waals surface area (Å²) in [6.07, 6.45) is -5.01. The molecule has 228 valence electrons. The number of hydrogen-bond acceptors (Lipinski definition) is 6. The van der Waals surface area contributed by atoms with E-state index in [4.69, 9.17) is 32.4 Å². The van der Waals surface area contributed by atoms with Gasteiger partial charge in [-0.05, 0) is 29.8 Å². The summed E-state index contributed by atoms with van der Waals surface area (Å²) in [7, 11) is 0. The highest BCUT2D eigenvalue weighted by atomic mass is 35.5. The summed E-state index contributed by atoms with van der Waals surface area (Å²) < 4.78 is 81.5. The molecule has 0 fully saturated rings. The van der Waals surface area contributed by atoms with E-state index in [1.165, 1.54) is 12.1 Å². The number of aliphatic imine (C=N–C) groups is 1. The number of carbonyl (C=O) groups excluding carboxylic acids is 1. The van der Waals surface area contributed by atoms with Crippen molar-refractivity contribution in [2.24, 2.45) is 4.99 Å². The van der Waals surface area contributed by atoms with Crippen LogP contribution in [0.25, 0.3) is 11.1 Å². The van der Waals surface area contributed by atoms with Gasteiger partial charge in [0.05, 0.1) is 40.4 Å². The fourth-order valence-corrected chi connectivity index (χ4v) is 5.80. The maximum Gasteiger partial charge on any atom is 0.573 e. The van der Waals surface area contributed by atoms with E-state index in [1.807, 2.05) is 0 Å². The minimum atomic E-state index is -5.01. The van der Waals surface area contributed by atoms with Crippen LogP contribution >= 0.6 is 23.2 Å². The molecule has 2 aliphatic rings. The Morgan fingerprint density at radius 3 is 2.34 bits per heavy atom. The summed E-state index contributed by atoms with van der Waals surface area (Å²) in [4.78, 5) is 33.5. The summed E-state index contributed by atoms with van der Waals surface area (Å²) in [5, 5.41) is -0.884. The van der Waals surface area contributed by atoms with E-state index in [1.54, 1.807) is 30.3 Å². The van der Waals surface area contributed by atoms with Gasteiger partial charge < -0.3 is 18.8 Å². The van der Waals surface area contributed by atoms with Gasteiger partial charge in [-0.25, -0.2) is 13.6 Å². The summed E-state index contributed by atoms with van der Waals surface area (Å²) in [5.41, 5.74) is 2.46. The average molecular weight is 654 g/mol. The number of carbonyl (C=O) groups is 1. The molecule has 1 amide bonds. The lowest BCUT2D eigenvalue weighted by Crippen LogP contribution is -2.40. The van der Waals surface area contributed by atoms with Crippen LogP contribution in [0.2, 0.25) is 10.0 Å². The van der Waals surface area contributed by atoms with Crippen molar-refractivity contribution in [2.45, 2.75) is 25.3 Å². The van der Waals surface area contributed by atoms with Gasteiger partial charge >= 0.3 is 12.1 Å². The number of ether oxygens (including phenoxy) is 2. The molecule has 1 atom stereocenters. The number of aromatic amines is 1. The maximum absolute atomic E-state index is 14.3. The topological polar surface area (TPSA) is 97.1 Å². The van der Waals surface area contributed by atoms with Crippen LogP contribution in [-0.2, 0) is 4.79 Å². The van der Waals surface area contributed by atoms with Crippen LogP contribution in [0.1, 0.15) is 24.1 Å². The molecule has 1 unspecified atom stereocenters. The van der Waals surface area contributed by atoms with Crippen molar-refractivity contribution in [2.75, 3.05) is 13.1 Å². The van der Waals surface area contributed by atoms with E-state index < -0.39 is 52.3 Å². The van der Waals surface area contributed by atoms with Crippen molar-refractivity contribution in [1.82, 2.24) is 9.88 Å². The van der Waals surface area contributed by atoms with Crippen LogP contribution in [0.3, 0.4) is 0 Å². The third-order valence-electron chi connectivity index (χ3n) is 6.85. The van der Waals surface area contributed by atoms with E-state index in [0.29, 0.717) is 34.9 Å². The Morgan fingerprint density at radius 2 is 1.70 bits per heavy atom. The largest absolute Gasteiger partial charge is 0.573 e. The quantitative estimate of drug-likeness (QED) is 0.209. The molecule has 8 nitrogen and oxygen atoms in total. The van der Waals surface area contributed by atoms with Gasteiger partial charge in [0.25, 0.3) is 11.8 Å². The monoisotopic (exact) mass is 653 g/mol. The second-order valence-electron chi connectivity index (χ2n) is 10.1. The number of benzene rings is 3. The molecule has 0 spiro atoms. The van der Waals surface area contributed by atoms with E-state index in [9.17, 15) is 31.5 Å². The first-order valence-corrected chi connectivity index (χ1v) is 13.6. The number of fused-ring (bicyclic) bond motifs is 1. The standard InChI is InChI=1S/C29H18Cl2F5N3O5/c1-28(32,33)12-39-23(21-17(26(39)40)11-37-22(21)16-3-2-4-20-24(16)43-27(41)38-20)13-5-7-14(8-6-13)42-15-9-18(30)25(19(31)10-15)44-29(34,35)36/h2-10,23H,11-12H2,1H3,(H,38,41). The molecule has 2 aliphatic heterocycles. The zero-order valence-corrected chi connectivity index (χ0v) is 23.8. The van der Waals surface area contributed by atoms with Gasteiger partial charge in [0, 0.05) is 35.8 Å². The lowest BCUT2D eigenvalue weighted by molar-refractivity contribution is -0.274. The van der Waals surface area contributed by atoms with Crippen molar-refractivity contribution in [3.8, 4) is 17.2 Å². The average Bonchev–Trinajstić information content (AvgIpc) is 3.59. The van der Waals surface area contributed by atoms with Crippen molar-refractivity contribution in [1.29, 1.82) is 0 Å². The lowest BCUT2D eigenvalue weighted by atomic mass is 9.91. The van der Waals surface area contributed by atoms with E-state index in [-0.39, 0.29) is 29.2 Å². The van der Waals surface area contributed by atoms with E-state index in [0.717, 1.165) is 17.0 Å². The number of amides is 1. The molecular formula is C29H18Cl2F5N3O5. The Kier molecular flexibility index (Phi) is 7.20. The highest BCUT2D eigenvalue weighted by Crippen LogP contribution is 2.45. The molecule has 4 aromatic rings. The molecule has 1 N–H and O–H groups in total. The highest BCUT2D eigenvalue weighted by molar-refractivity contribution is 6.37. The van der Waals surface area contributed by atoms with Crippen LogP contribution in [0.15, 0.2) is 79.9 Å². The summed E-state index contributed by atoms with van der Waals surface area (Å²) in [6, 6.07) is 12.2. The van der Waals surface area contributed by atoms with Gasteiger partial charge in [0.1, 0.15) is 11.5 Å². The molecule has 6 rings (SSSR count). The number of oxazole rings is 1. The Hall–Kier alpha value is -4.36. The highest BCUT2D eigenvalue weighted by Gasteiger charge is 2.47. The molecule has 0 saturated heterocycles. The molecule has 0 radical (unpaired) electrons. The Labute approximate surface area is 254 Å². The van der Waals surface area contributed by atoms with Crippen molar-refractivity contribution < 1.29 is 40.6 Å². The predicted molar refractivity (Wildman–Crippen MR) is 150 cm³/mol. The van der Waals surface area contributed by atoms with Gasteiger partial charge in [0.15, 0.2) is 11.3 Å². The molecule has 15 heteroatoms. The molecule has 3 heterocycles. The Morgan fingerprint density at radius 1 is 1.02 bits per heavy atom. The fraction of sp³-hybridized carbons (Fsp3) is 0.207. The number of nitrogens with zero attached hydrogens (tertiary/aromatic N) is 2. The first-order chi connectivity index (χ1) is 20.7. The first-order valence-electron chi connectivity index (χ1n) is 12.8. The molecule has 44 heavy (non-hydrogen) atoms. The normalized spacial score (nSPS) is 17.0. The van der Waals surface area contributed by atoms with Crippen LogP contribution in [-0.4, -0.2) is 46.9 Å². The number of halogens is 7. The Bertz CT molecular complexity index is 1900. The van der Waals surface area contributed by atoms with Crippen LogP contribution in [0.5, 0.6) is 17.2 Å². The zero-order valence-electron chi connectivity index (χ0n) is 22.3. The fourth-order valence-electron chi connectivity index (χ4n) is 5.26. The molecule has 1 aromatic heterocycles. The number of para-hydroxylation sites is 1. The molecule has 3 aromatic carbocycles. The smallest absolute Gasteiger partial charge is 0.457 e. The second kappa shape index (κ2) is 10.7. The van der Waals surface area contributed by atoms with E-state index >= 15 is 0 Å². The van der Waals surface area contributed by atoms with Crippen LogP contribution in [0.4, 0.5) is 22.0 Å². The summed E-state index contributed by atoms with van der Waals surface area (Å²) in [5.74, 6) is -5.08. The van der Waals surface area contributed by atoms with Crippen molar-refractivity contribution >= 4 is 45.9 Å². The SMILES string of the molecule is CC(F)(F)CN1C(=O)C2=C(C(c3cccc4[nH]c(=O)oc34)=NC2)C1c1ccc(Oc2cc(Cl)c(OC(F)(F)F)c(Cl)c2)cc1.